The van der Waals surface area contributed by atoms with Crippen molar-refractivity contribution in [3.05, 3.63) is 62.0 Å². The lowest BCUT2D eigenvalue weighted by Crippen LogP contribution is -2.39. The van der Waals surface area contributed by atoms with E-state index >= 15 is 0 Å². The number of halogens is 3. The summed E-state index contributed by atoms with van der Waals surface area (Å²) in [5.41, 5.74) is 1.64. The Labute approximate surface area is 177 Å². The van der Waals surface area contributed by atoms with E-state index in [1.807, 2.05) is 42.2 Å². The molecular weight excluding hydrogens is 453 g/mol. The fourth-order valence-corrected chi connectivity index (χ4v) is 4.43. The highest BCUT2D eigenvalue weighted by Crippen LogP contribution is 2.43. The summed E-state index contributed by atoms with van der Waals surface area (Å²) >= 11 is 16.4. The molecule has 144 valence electrons. The fourth-order valence-electron chi connectivity index (χ4n) is 3.64. The molecule has 2 aromatic carbocycles. The Kier molecular flexibility index (Phi) is 6.69. The van der Waals surface area contributed by atoms with Gasteiger partial charge in [0, 0.05) is 16.6 Å². The average Bonchev–Trinajstić information content (AvgIpc) is 3.11. The molecule has 0 amide bonds. The van der Waals surface area contributed by atoms with Crippen molar-refractivity contribution in [3.8, 4) is 5.75 Å². The third-order valence-corrected chi connectivity index (χ3v) is 6.08. The van der Waals surface area contributed by atoms with Crippen LogP contribution in [0.5, 0.6) is 5.75 Å². The van der Waals surface area contributed by atoms with Crippen LogP contribution in [0.2, 0.25) is 10.0 Å². The second kappa shape index (κ2) is 8.82. The van der Waals surface area contributed by atoms with Crippen molar-refractivity contribution < 1.29 is 14.6 Å². The molecule has 27 heavy (non-hydrogen) atoms. The molecule has 3 rings (SSSR count). The Hall–Kier alpha value is -1.27. The summed E-state index contributed by atoms with van der Waals surface area (Å²) in [7, 11) is 0. The van der Waals surface area contributed by atoms with Gasteiger partial charge < -0.3 is 9.84 Å². The number of hydrogen-bond donors (Lipinski definition) is 1. The van der Waals surface area contributed by atoms with E-state index < -0.39 is 12.0 Å². The molecule has 1 heterocycles. The Morgan fingerprint density at radius 1 is 1.33 bits per heavy atom. The van der Waals surface area contributed by atoms with Gasteiger partial charge in [-0.25, -0.2) is 0 Å². The van der Waals surface area contributed by atoms with Crippen LogP contribution >= 0.6 is 39.1 Å². The summed E-state index contributed by atoms with van der Waals surface area (Å²) in [5.74, 6) is -0.124. The minimum Gasteiger partial charge on any atom is -0.494 e. The number of carboxylic acids is 1. The molecule has 0 bridgehead atoms. The van der Waals surface area contributed by atoms with E-state index in [0.717, 1.165) is 22.0 Å². The van der Waals surface area contributed by atoms with Crippen LogP contribution in [0.15, 0.2) is 40.9 Å². The summed E-state index contributed by atoms with van der Waals surface area (Å²) in [6.07, 6.45) is 1.41. The SMILES string of the molecule is CCOc1ccc(Br)cc1C(c1cccc(Cl)c1Cl)N1CCCC1C(=O)O. The summed E-state index contributed by atoms with van der Waals surface area (Å²) in [5, 5.41) is 10.6. The van der Waals surface area contributed by atoms with Crippen LogP contribution in [0.25, 0.3) is 0 Å². The number of carbonyl (C=O) groups is 1. The first-order chi connectivity index (χ1) is 12.9. The molecular formula is C20H20BrCl2NO3. The highest BCUT2D eigenvalue weighted by molar-refractivity contribution is 9.10. The highest BCUT2D eigenvalue weighted by Gasteiger charge is 2.39. The zero-order valence-corrected chi connectivity index (χ0v) is 17.9. The molecule has 0 radical (unpaired) electrons. The average molecular weight is 473 g/mol. The molecule has 1 fully saturated rings. The van der Waals surface area contributed by atoms with E-state index in [2.05, 4.69) is 15.9 Å². The Balaban J connectivity index is 2.21. The van der Waals surface area contributed by atoms with E-state index in [1.165, 1.54) is 0 Å². The van der Waals surface area contributed by atoms with Crippen LogP contribution in [0.4, 0.5) is 0 Å². The first-order valence-corrected chi connectivity index (χ1v) is 10.3. The van der Waals surface area contributed by atoms with Gasteiger partial charge in [0.1, 0.15) is 11.8 Å². The van der Waals surface area contributed by atoms with Gasteiger partial charge in [0.15, 0.2) is 0 Å². The molecule has 1 aliphatic rings. The molecule has 4 nitrogen and oxygen atoms in total. The summed E-state index contributed by atoms with van der Waals surface area (Å²) < 4.78 is 6.73. The van der Waals surface area contributed by atoms with Crippen molar-refractivity contribution in [2.75, 3.05) is 13.2 Å². The first-order valence-electron chi connectivity index (χ1n) is 8.78. The van der Waals surface area contributed by atoms with Gasteiger partial charge in [-0.3, -0.25) is 9.69 Å². The largest absolute Gasteiger partial charge is 0.494 e. The second-order valence-corrected chi connectivity index (χ2v) is 8.10. The van der Waals surface area contributed by atoms with Gasteiger partial charge in [0.05, 0.1) is 22.7 Å². The molecule has 0 saturated carbocycles. The minimum absolute atomic E-state index is 0.376. The van der Waals surface area contributed by atoms with Crippen LogP contribution in [0.3, 0.4) is 0 Å². The molecule has 1 aliphatic heterocycles. The number of aliphatic carboxylic acids is 1. The quantitative estimate of drug-likeness (QED) is 0.577. The minimum atomic E-state index is -0.830. The van der Waals surface area contributed by atoms with Crippen molar-refractivity contribution >= 4 is 45.1 Å². The molecule has 1 N–H and O–H groups in total. The lowest BCUT2D eigenvalue weighted by molar-refractivity contribution is -0.142. The Morgan fingerprint density at radius 3 is 2.81 bits per heavy atom. The highest BCUT2D eigenvalue weighted by atomic mass is 79.9. The number of likely N-dealkylation sites (tertiary alicyclic amines) is 1. The molecule has 0 aliphatic carbocycles. The van der Waals surface area contributed by atoms with Gasteiger partial charge in [-0.05, 0) is 49.6 Å². The van der Waals surface area contributed by atoms with Crippen molar-refractivity contribution in [1.82, 2.24) is 4.90 Å². The lowest BCUT2D eigenvalue weighted by Gasteiger charge is -2.33. The van der Waals surface area contributed by atoms with E-state index in [0.29, 0.717) is 35.4 Å². The topological polar surface area (TPSA) is 49.8 Å². The van der Waals surface area contributed by atoms with E-state index in [4.69, 9.17) is 27.9 Å². The van der Waals surface area contributed by atoms with Crippen molar-refractivity contribution in [2.24, 2.45) is 0 Å². The smallest absolute Gasteiger partial charge is 0.320 e. The van der Waals surface area contributed by atoms with Crippen LogP contribution in [-0.4, -0.2) is 35.2 Å². The maximum atomic E-state index is 11.9. The van der Waals surface area contributed by atoms with E-state index in [-0.39, 0.29) is 6.04 Å². The third-order valence-electron chi connectivity index (χ3n) is 4.75. The standard InChI is InChI=1S/C20H20BrCl2NO3/c1-2-27-17-9-8-12(21)11-14(17)19(13-5-3-6-15(22)18(13)23)24-10-4-7-16(24)20(25)26/h3,5-6,8-9,11,16,19H,2,4,7,10H2,1H3,(H,25,26). The number of hydrogen-bond acceptors (Lipinski definition) is 3. The normalized spacial score (nSPS) is 18.4. The van der Waals surface area contributed by atoms with Crippen molar-refractivity contribution in [2.45, 2.75) is 31.8 Å². The zero-order chi connectivity index (χ0) is 19.6. The monoisotopic (exact) mass is 471 g/mol. The lowest BCUT2D eigenvalue weighted by atomic mass is 9.95. The van der Waals surface area contributed by atoms with E-state index in [1.54, 1.807) is 6.07 Å². The van der Waals surface area contributed by atoms with Gasteiger partial charge in [-0.1, -0.05) is 51.3 Å². The molecule has 2 aromatic rings. The van der Waals surface area contributed by atoms with Crippen LogP contribution < -0.4 is 4.74 Å². The van der Waals surface area contributed by atoms with Gasteiger partial charge >= 0.3 is 5.97 Å². The van der Waals surface area contributed by atoms with Gasteiger partial charge in [0.25, 0.3) is 0 Å². The van der Waals surface area contributed by atoms with Crippen molar-refractivity contribution in [3.63, 3.8) is 0 Å². The maximum Gasteiger partial charge on any atom is 0.320 e. The Morgan fingerprint density at radius 2 is 2.11 bits per heavy atom. The molecule has 1 saturated heterocycles. The first kappa shape index (κ1) is 20.5. The predicted octanol–water partition coefficient (Wildman–Crippen LogP) is 5.79. The zero-order valence-electron chi connectivity index (χ0n) is 14.8. The predicted molar refractivity (Wildman–Crippen MR) is 111 cm³/mol. The molecule has 7 heteroatoms. The fraction of sp³-hybridized carbons (Fsp3) is 0.350. The van der Waals surface area contributed by atoms with Gasteiger partial charge in [0.2, 0.25) is 0 Å². The summed E-state index contributed by atoms with van der Waals surface area (Å²) in [6.45, 7) is 3.08. The third kappa shape index (κ3) is 4.27. The Bertz CT molecular complexity index is 846. The number of nitrogens with zero attached hydrogens (tertiary/aromatic N) is 1. The van der Waals surface area contributed by atoms with Gasteiger partial charge in [-0.15, -0.1) is 0 Å². The number of benzene rings is 2. The molecule has 2 atom stereocenters. The second-order valence-electron chi connectivity index (χ2n) is 6.39. The van der Waals surface area contributed by atoms with E-state index in [9.17, 15) is 9.90 Å². The van der Waals surface area contributed by atoms with Crippen LogP contribution in [-0.2, 0) is 4.79 Å². The summed E-state index contributed by atoms with van der Waals surface area (Å²) in [6, 6.07) is 10.3. The molecule has 0 spiro atoms. The van der Waals surface area contributed by atoms with Crippen LogP contribution in [0, 0.1) is 0 Å². The maximum absolute atomic E-state index is 11.9. The molecule has 2 unspecified atom stereocenters. The molecule has 0 aromatic heterocycles. The van der Waals surface area contributed by atoms with Crippen molar-refractivity contribution in [1.29, 1.82) is 0 Å². The number of ether oxygens (including phenoxy) is 1. The van der Waals surface area contributed by atoms with Gasteiger partial charge in [-0.2, -0.15) is 0 Å². The summed E-state index contributed by atoms with van der Waals surface area (Å²) in [4.78, 5) is 13.8. The number of carboxylic acid groups (broad SMARTS) is 1. The number of rotatable bonds is 6. The van der Waals surface area contributed by atoms with Crippen LogP contribution in [0.1, 0.15) is 36.9 Å².